The van der Waals surface area contributed by atoms with E-state index >= 15 is 0 Å². The number of halogens is 1. The topological polar surface area (TPSA) is 70.5 Å². The molecule has 0 aliphatic carbocycles. The second-order valence-electron chi connectivity index (χ2n) is 8.87. The third-order valence-electron chi connectivity index (χ3n) is 6.55. The number of aromatic nitrogens is 2. The third-order valence-corrected chi connectivity index (χ3v) is 6.79. The molecule has 2 aromatic carbocycles. The van der Waals surface area contributed by atoms with E-state index in [1.165, 1.54) is 10.7 Å². The number of anilines is 3. The largest absolute Gasteiger partial charge is 0.372 e. The highest BCUT2D eigenvalue weighted by Gasteiger charge is 2.27. The highest BCUT2D eigenvalue weighted by Crippen LogP contribution is 2.26. The van der Waals surface area contributed by atoms with Gasteiger partial charge in [0.05, 0.1) is 11.6 Å². The SMILES string of the molecule is CCN(CC)c1ccc(NC(=O)[C@@H]2CCCN(c3ccc(=O)n(-c4cccc(Cl)c4)n3)C2)c(C)c1. The molecule has 1 aliphatic heterocycles. The number of hydrogen-bond donors (Lipinski definition) is 1. The van der Waals surface area contributed by atoms with Crippen LogP contribution >= 0.6 is 11.6 Å². The van der Waals surface area contributed by atoms with Gasteiger partial charge in [0.15, 0.2) is 0 Å². The number of amides is 1. The summed E-state index contributed by atoms with van der Waals surface area (Å²) in [5, 5.41) is 8.25. The summed E-state index contributed by atoms with van der Waals surface area (Å²) in [4.78, 5) is 30.0. The van der Waals surface area contributed by atoms with Gasteiger partial charge in [0.1, 0.15) is 5.82 Å². The first kappa shape index (κ1) is 24.8. The maximum Gasteiger partial charge on any atom is 0.271 e. The summed E-state index contributed by atoms with van der Waals surface area (Å²) in [5.41, 5.74) is 3.43. The average Bonchev–Trinajstić information content (AvgIpc) is 2.86. The summed E-state index contributed by atoms with van der Waals surface area (Å²) in [6.07, 6.45) is 1.68. The van der Waals surface area contributed by atoms with Gasteiger partial charge in [0, 0.05) is 48.6 Å². The van der Waals surface area contributed by atoms with Gasteiger partial charge in [-0.2, -0.15) is 4.68 Å². The molecule has 8 heteroatoms. The first-order valence-electron chi connectivity index (χ1n) is 12.2. The third kappa shape index (κ3) is 5.68. The van der Waals surface area contributed by atoms with Crippen LogP contribution in [0.2, 0.25) is 5.02 Å². The lowest BCUT2D eigenvalue weighted by molar-refractivity contribution is -0.120. The van der Waals surface area contributed by atoms with E-state index in [4.69, 9.17) is 11.6 Å². The predicted molar refractivity (Wildman–Crippen MR) is 143 cm³/mol. The molecular weight excluding hydrogens is 462 g/mol. The number of nitrogens with one attached hydrogen (secondary N) is 1. The molecule has 1 atom stereocenters. The van der Waals surface area contributed by atoms with Crippen LogP contribution < -0.4 is 20.7 Å². The van der Waals surface area contributed by atoms with Crippen LogP contribution in [0.25, 0.3) is 5.69 Å². The molecule has 4 rings (SSSR count). The van der Waals surface area contributed by atoms with Gasteiger partial charge in [-0.1, -0.05) is 17.7 Å². The minimum atomic E-state index is -0.231. The number of benzene rings is 2. The fourth-order valence-corrected chi connectivity index (χ4v) is 4.76. The zero-order chi connectivity index (χ0) is 24.9. The molecule has 1 saturated heterocycles. The van der Waals surface area contributed by atoms with Crippen LogP contribution in [0.3, 0.4) is 0 Å². The van der Waals surface area contributed by atoms with E-state index in [1.54, 1.807) is 30.3 Å². The minimum absolute atomic E-state index is 0.0107. The molecule has 2 heterocycles. The number of nitrogens with zero attached hydrogens (tertiary/aromatic N) is 4. The average molecular weight is 494 g/mol. The Bertz CT molecular complexity index is 1250. The zero-order valence-electron chi connectivity index (χ0n) is 20.5. The van der Waals surface area contributed by atoms with E-state index in [0.717, 1.165) is 49.4 Å². The summed E-state index contributed by atoms with van der Waals surface area (Å²) >= 11 is 6.11. The molecule has 3 aromatic rings. The van der Waals surface area contributed by atoms with E-state index in [9.17, 15) is 9.59 Å². The molecule has 1 amide bonds. The Morgan fingerprint density at radius 3 is 2.66 bits per heavy atom. The van der Waals surface area contributed by atoms with Crippen molar-refractivity contribution >= 4 is 34.7 Å². The maximum absolute atomic E-state index is 13.2. The van der Waals surface area contributed by atoms with Crippen molar-refractivity contribution < 1.29 is 4.79 Å². The summed E-state index contributed by atoms with van der Waals surface area (Å²) in [6, 6.07) is 16.5. The van der Waals surface area contributed by atoms with Gasteiger partial charge in [0.2, 0.25) is 5.91 Å². The smallest absolute Gasteiger partial charge is 0.271 e. The molecule has 0 spiro atoms. The van der Waals surface area contributed by atoms with Gasteiger partial charge in [-0.15, -0.1) is 5.10 Å². The first-order valence-corrected chi connectivity index (χ1v) is 12.5. The highest BCUT2D eigenvalue weighted by atomic mass is 35.5. The van der Waals surface area contributed by atoms with Crippen molar-refractivity contribution in [3.63, 3.8) is 0 Å². The molecule has 0 unspecified atom stereocenters. The molecule has 35 heavy (non-hydrogen) atoms. The lowest BCUT2D eigenvalue weighted by Gasteiger charge is -2.33. The van der Waals surface area contributed by atoms with Crippen molar-refractivity contribution in [1.82, 2.24) is 9.78 Å². The van der Waals surface area contributed by atoms with Crippen LogP contribution in [-0.2, 0) is 4.79 Å². The van der Waals surface area contributed by atoms with Crippen LogP contribution in [0.5, 0.6) is 0 Å². The number of rotatable bonds is 7. The molecule has 0 saturated carbocycles. The van der Waals surface area contributed by atoms with Crippen LogP contribution in [0.1, 0.15) is 32.3 Å². The number of piperidine rings is 1. The summed E-state index contributed by atoms with van der Waals surface area (Å²) in [5.74, 6) is 0.511. The van der Waals surface area contributed by atoms with Crippen LogP contribution in [-0.4, -0.2) is 41.9 Å². The van der Waals surface area contributed by atoms with E-state index < -0.39 is 0 Å². The summed E-state index contributed by atoms with van der Waals surface area (Å²) in [6.45, 7) is 9.51. The standard InChI is InChI=1S/C27H32ClN5O2/c1-4-31(5-2)22-11-12-24(19(3)16-22)29-27(35)20-8-7-15-32(18-20)25-13-14-26(34)33(30-25)23-10-6-9-21(28)17-23/h6,9-14,16-17,20H,4-5,7-8,15,18H2,1-3H3,(H,29,35)/t20-/m1/s1. The van der Waals surface area contributed by atoms with Crippen molar-refractivity contribution in [3.8, 4) is 5.69 Å². The normalized spacial score (nSPS) is 15.7. The van der Waals surface area contributed by atoms with Crippen LogP contribution in [0.15, 0.2) is 59.4 Å². The molecule has 7 nitrogen and oxygen atoms in total. The quantitative estimate of drug-likeness (QED) is 0.507. The molecule has 1 N–H and O–H groups in total. The summed E-state index contributed by atoms with van der Waals surface area (Å²) in [7, 11) is 0. The molecule has 1 aromatic heterocycles. The van der Waals surface area contributed by atoms with Crippen molar-refractivity contribution in [2.75, 3.05) is 41.3 Å². The number of aryl methyl sites for hydroxylation is 1. The lowest BCUT2D eigenvalue weighted by atomic mass is 9.97. The Kier molecular flexibility index (Phi) is 7.76. The van der Waals surface area contributed by atoms with Gasteiger partial charge in [-0.25, -0.2) is 0 Å². The Labute approximate surface area is 211 Å². The molecular formula is C27H32ClN5O2. The first-order chi connectivity index (χ1) is 16.9. The minimum Gasteiger partial charge on any atom is -0.372 e. The molecule has 184 valence electrons. The fourth-order valence-electron chi connectivity index (χ4n) is 4.57. The van der Waals surface area contributed by atoms with Crippen LogP contribution in [0.4, 0.5) is 17.2 Å². The Morgan fingerprint density at radius 1 is 1.14 bits per heavy atom. The predicted octanol–water partition coefficient (Wildman–Crippen LogP) is 4.90. The second-order valence-corrected chi connectivity index (χ2v) is 9.30. The summed E-state index contributed by atoms with van der Waals surface area (Å²) < 4.78 is 1.35. The molecule has 0 radical (unpaired) electrons. The molecule has 1 fully saturated rings. The maximum atomic E-state index is 13.2. The lowest BCUT2D eigenvalue weighted by Crippen LogP contribution is -2.42. The van der Waals surface area contributed by atoms with E-state index in [2.05, 4.69) is 46.2 Å². The zero-order valence-corrected chi connectivity index (χ0v) is 21.3. The number of carbonyl (C=O) groups excluding carboxylic acids is 1. The number of hydrogen-bond acceptors (Lipinski definition) is 5. The van der Waals surface area contributed by atoms with Crippen molar-refractivity contribution in [3.05, 3.63) is 75.5 Å². The Balaban J connectivity index is 1.48. The molecule has 0 bridgehead atoms. The Hall–Kier alpha value is -3.32. The van der Waals surface area contributed by atoms with Gasteiger partial charge in [-0.3, -0.25) is 9.59 Å². The second kappa shape index (κ2) is 11.0. The van der Waals surface area contributed by atoms with Crippen molar-refractivity contribution in [2.24, 2.45) is 5.92 Å². The highest BCUT2D eigenvalue weighted by molar-refractivity contribution is 6.30. The van der Waals surface area contributed by atoms with E-state index in [-0.39, 0.29) is 17.4 Å². The molecule has 1 aliphatic rings. The van der Waals surface area contributed by atoms with E-state index in [1.807, 2.05) is 13.0 Å². The van der Waals surface area contributed by atoms with Gasteiger partial charge >= 0.3 is 0 Å². The van der Waals surface area contributed by atoms with Gasteiger partial charge in [-0.05, 0) is 81.6 Å². The number of carbonyl (C=O) groups is 1. The monoisotopic (exact) mass is 493 g/mol. The fraction of sp³-hybridized carbons (Fsp3) is 0.370. The van der Waals surface area contributed by atoms with Crippen molar-refractivity contribution in [1.29, 1.82) is 0 Å². The Morgan fingerprint density at radius 2 is 1.94 bits per heavy atom. The van der Waals surface area contributed by atoms with Crippen LogP contribution in [0, 0.1) is 12.8 Å². The van der Waals surface area contributed by atoms with Crippen molar-refractivity contribution in [2.45, 2.75) is 33.6 Å². The van der Waals surface area contributed by atoms with Gasteiger partial charge < -0.3 is 15.1 Å². The van der Waals surface area contributed by atoms with E-state index in [0.29, 0.717) is 23.1 Å². The van der Waals surface area contributed by atoms with Gasteiger partial charge in [0.25, 0.3) is 5.56 Å².